The summed E-state index contributed by atoms with van der Waals surface area (Å²) in [5.41, 5.74) is 0. The van der Waals surface area contributed by atoms with Gasteiger partial charge in [0.2, 0.25) is 0 Å². The molecule has 0 atom stereocenters. The molecule has 0 radical (unpaired) electrons. The summed E-state index contributed by atoms with van der Waals surface area (Å²) in [6, 6.07) is 5.20. The van der Waals surface area contributed by atoms with Crippen molar-refractivity contribution in [3.63, 3.8) is 0 Å². The second kappa shape index (κ2) is 4.93. The van der Waals surface area contributed by atoms with Crippen LogP contribution in [0, 0.1) is 0 Å². The number of halogens is 1. The molecule has 0 aliphatic carbocycles. The molecule has 0 spiro atoms. The maximum Gasteiger partial charge on any atom is 0.253 e. The molecule has 0 fully saturated rings. The lowest BCUT2D eigenvalue weighted by Gasteiger charge is -2.14. The summed E-state index contributed by atoms with van der Waals surface area (Å²) in [4.78, 5) is 0. The monoisotopic (exact) mass is 335 g/mol. The van der Waals surface area contributed by atoms with Crippen molar-refractivity contribution in [3.8, 4) is 0 Å². The number of furan rings is 1. The highest BCUT2D eigenvalue weighted by atomic mass is 79.9. The van der Waals surface area contributed by atoms with Gasteiger partial charge in [0, 0.05) is 11.5 Å². The molecule has 2 aromatic rings. The fourth-order valence-corrected chi connectivity index (χ4v) is 4.95. The van der Waals surface area contributed by atoms with E-state index in [0.29, 0.717) is 14.4 Å². The molecule has 0 saturated carbocycles. The molecule has 2 rings (SSSR count). The van der Waals surface area contributed by atoms with Gasteiger partial charge in [0.15, 0.2) is 0 Å². The van der Waals surface area contributed by atoms with Gasteiger partial charge in [0.25, 0.3) is 10.0 Å². The first-order valence-corrected chi connectivity index (χ1v) is 7.85. The molecule has 0 unspecified atom stereocenters. The van der Waals surface area contributed by atoms with Gasteiger partial charge < -0.3 is 4.42 Å². The van der Waals surface area contributed by atoms with Gasteiger partial charge in [-0.1, -0.05) is 0 Å². The standard InChI is InChI=1S/C10H10BrNO3S2/c1-12(7-8-3-2-5-15-8)17(13,14)10-9(11)4-6-16-10/h2-6H,7H2,1H3. The highest BCUT2D eigenvalue weighted by molar-refractivity contribution is 9.10. The zero-order chi connectivity index (χ0) is 12.5. The minimum atomic E-state index is -3.46. The third-order valence-electron chi connectivity index (χ3n) is 2.19. The van der Waals surface area contributed by atoms with E-state index in [1.54, 1.807) is 23.6 Å². The summed E-state index contributed by atoms with van der Waals surface area (Å²) in [6.07, 6.45) is 1.52. The first-order valence-electron chi connectivity index (χ1n) is 4.73. The Morgan fingerprint density at radius 1 is 1.47 bits per heavy atom. The van der Waals surface area contributed by atoms with Crippen LogP contribution in [0.15, 0.2) is 42.9 Å². The molecule has 4 nitrogen and oxygen atoms in total. The van der Waals surface area contributed by atoms with Crippen molar-refractivity contribution in [2.75, 3.05) is 7.05 Å². The maximum atomic E-state index is 12.2. The molecule has 0 bridgehead atoms. The molecule has 0 saturated heterocycles. The lowest BCUT2D eigenvalue weighted by Crippen LogP contribution is -2.25. The van der Waals surface area contributed by atoms with E-state index in [4.69, 9.17) is 4.42 Å². The van der Waals surface area contributed by atoms with E-state index in [1.165, 1.54) is 29.0 Å². The fraction of sp³-hybridized carbons (Fsp3) is 0.200. The summed E-state index contributed by atoms with van der Waals surface area (Å²) < 4.78 is 31.7. The Morgan fingerprint density at radius 3 is 2.76 bits per heavy atom. The Balaban J connectivity index is 2.25. The van der Waals surface area contributed by atoms with Gasteiger partial charge in [-0.2, -0.15) is 4.31 Å². The number of hydrogen-bond donors (Lipinski definition) is 0. The summed E-state index contributed by atoms with van der Waals surface area (Å²) in [5, 5.41) is 1.73. The predicted molar refractivity (Wildman–Crippen MR) is 69.4 cm³/mol. The smallest absolute Gasteiger partial charge is 0.253 e. The van der Waals surface area contributed by atoms with Crippen LogP contribution >= 0.6 is 27.3 Å². The molecular weight excluding hydrogens is 326 g/mol. The number of nitrogens with zero attached hydrogens (tertiary/aromatic N) is 1. The summed E-state index contributed by atoms with van der Waals surface area (Å²) in [6.45, 7) is 0.222. The predicted octanol–water partition coefficient (Wildman–Crippen LogP) is 2.92. The minimum Gasteiger partial charge on any atom is -0.468 e. The maximum absolute atomic E-state index is 12.2. The molecule has 17 heavy (non-hydrogen) atoms. The minimum absolute atomic E-state index is 0.222. The zero-order valence-corrected chi connectivity index (χ0v) is 12.2. The van der Waals surface area contributed by atoms with Crippen LogP contribution in [0.5, 0.6) is 0 Å². The topological polar surface area (TPSA) is 50.5 Å². The Morgan fingerprint density at radius 2 is 2.24 bits per heavy atom. The average Bonchev–Trinajstić information content (AvgIpc) is 2.89. The number of hydrogen-bond acceptors (Lipinski definition) is 4. The van der Waals surface area contributed by atoms with Crippen molar-refractivity contribution < 1.29 is 12.8 Å². The molecular formula is C10H10BrNO3S2. The molecule has 0 aliphatic heterocycles. The van der Waals surface area contributed by atoms with Crippen LogP contribution in [0.2, 0.25) is 0 Å². The van der Waals surface area contributed by atoms with Crippen molar-refractivity contribution in [2.45, 2.75) is 10.8 Å². The molecule has 0 N–H and O–H groups in total. The van der Waals surface area contributed by atoms with E-state index < -0.39 is 10.0 Å². The molecule has 0 aliphatic rings. The molecule has 7 heteroatoms. The van der Waals surface area contributed by atoms with Gasteiger partial charge in [-0.25, -0.2) is 8.42 Å². The second-order valence-electron chi connectivity index (χ2n) is 3.40. The molecule has 2 heterocycles. The average molecular weight is 336 g/mol. The van der Waals surface area contributed by atoms with Gasteiger partial charge >= 0.3 is 0 Å². The zero-order valence-electron chi connectivity index (χ0n) is 8.96. The van der Waals surface area contributed by atoms with Gasteiger partial charge in [-0.05, 0) is 39.5 Å². The molecule has 0 aromatic carbocycles. The lowest BCUT2D eigenvalue weighted by molar-refractivity contribution is 0.407. The van der Waals surface area contributed by atoms with Gasteiger partial charge in [-0.15, -0.1) is 11.3 Å². The van der Waals surface area contributed by atoms with E-state index in [9.17, 15) is 8.42 Å². The van der Waals surface area contributed by atoms with Crippen LogP contribution in [0.1, 0.15) is 5.76 Å². The summed E-state index contributed by atoms with van der Waals surface area (Å²) >= 11 is 4.42. The van der Waals surface area contributed by atoms with Crippen molar-refractivity contribution in [3.05, 3.63) is 40.1 Å². The van der Waals surface area contributed by atoms with E-state index in [0.717, 1.165) is 0 Å². The van der Waals surface area contributed by atoms with Crippen molar-refractivity contribution in [1.82, 2.24) is 4.31 Å². The van der Waals surface area contributed by atoms with Crippen molar-refractivity contribution in [1.29, 1.82) is 0 Å². The summed E-state index contributed by atoms with van der Waals surface area (Å²) in [7, 11) is -1.93. The first-order chi connectivity index (χ1) is 8.01. The van der Waals surface area contributed by atoms with Crippen LogP contribution < -0.4 is 0 Å². The van der Waals surface area contributed by atoms with Crippen LogP contribution in [0.4, 0.5) is 0 Å². The van der Waals surface area contributed by atoms with Crippen LogP contribution in [-0.4, -0.2) is 19.8 Å². The van der Waals surface area contributed by atoms with Crippen LogP contribution in [-0.2, 0) is 16.6 Å². The SMILES string of the molecule is CN(Cc1ccco1)S(=O)(=O)c1sccc1Br. The molecule has 0 amide bonds. The highest BCUT2D eigenvalue weighted by Gasteiger charge is 2.25. The van der Waals surface area contributed by atoms with Crippen molar-refractivity contribution >= 4 is 37.3 Å². The molecule has 92 valence electrons. The van der Waals surface area contributed by atoms with Gasteiger partial charge in [-0.3, -0.25) is 0 Å². The van der Waals surface area contributed by atoms with E-state index >= 15 is 0 Å². The van der Waals surface area contributed by atoms with E-state index in [-0.39, 0.29) is 6.54 Å². The summed E-state index contributed by atoms with van der Waals surface area (Å²) in [5.74, 6) is 0.615. The molecule has 2 aromatic heterocycles. The van der Waals surface area contributed by atoms with Gasteiger partial charge in [0.05, 0.1) is 12.8 Å². The third-order valence-corrected chi connectivity index (χ3v) is 6.64. The number of sulfonamides is 1. The Bertz CT molecular complexity index is 589. The third kappa shape index (κ3) is 2.62. The van der Waals surface area contributed by atoms with Crippen molar-refractivity contribution in [2.24, 2.45) is 0 Å². The number of rotatable bonds is 4. The Kier molecular flexibility index (Phi) is 3.72. The quantitative estimate of drug-likeness (QED) is 0.863. The first kappa shape index (κ1) is 12.8. The normalized spacial score (nSPS) is 12.2. The highest BCUT2D eigenvalue weighted by Crippen LogP contribution is 2.30. The number of thiophene rings is 1. The van der Waals surface area contributed by atoms with Crippen LogP contribution in [0.25, 0.3) is 0 Å². The lowest BCUT2D eigenvalue weighted by atomic mass is 10.4. The van der Waals surface area contributed by atoms with Crippen LogP contribution in [0.3, 0.4) is 0 Å². The second-order valence-corrected chi connectivity index (χ2v) is 7.41. The van der Waals surface area contributed by atoms with E-state index in [1.807, 2.05) is 0 Å². The van der Waals surface area contributed by atoms with E-state index in [2.05, 4.69) is 15.9 Å². The Hall–Kier alpha value is -0.630. The Labute approximate surface area is 112 Å². The fourth-order valence-electron chi connectivity index (χ4n) is 1.31. The van der Waals surface area contributed by atoms with Gasteiger partial charge in [0.1, 0.15) is 9.97 Å². The largest absolute Gasteiger partial charge is 0.468 e.